The molecule has 1 rings (SSSR count). The highest BCUT2D eigenvalue weighted by Gasteiger charge is 2.12. The molecule has 0 bridgehead atoms. The highest BCUT2D eigenvalue weighted by molar-refractivity contribution is 8.03. The molecule has 0 radical (unpaired) electrons. The minimum absolute atomic E-state index is 0.142. The standard InChI is InChI=1S/C18H29N3O4S/c1-5-25-15(22)11-8-12-26-13(2)9-6-7-10-14-16(19)17(23)21(4)18(24)20(14)3/h9H,5-8,10-12,19H2,1-4H3/b13-9-. The second kappa shape index (κ2) is 10.9. The lowest BCUT2D eigenvalue weighted by Crippen LogP contribution is -2.40. The van der Waals surface area contributed by atoms with Gasteiger partial charge in [-0.1, -0.05) is 6.08 Å². The zero-order valence-corrected chi connectivity index (χ0v) is 16.9. The summed E-state index contributed by atoms with van der Waals surface area (Å²) in [6, 6.07) is 0. The molecule has 1 aromatic heterocycles. The molecule has 0 amide bonds. The SMILES string of the molecule is CCOC(=O)CCCS/C(C)=C\CCCc1c(N)c(=O)n(C)c(=O)n1C. The minimum atomic E-state index is -0.438. The van der Waals surface area contributed by atoms with Gasteiger partial charge >= 0.3 is 11.7 Å². The van der Waals surface area contributed by atoms with Crippen molar-refractivity contribution in [3.05, 3.63) is 37.5 Å². The number of carbonyl (C=O) groups is 1. The first-order valence-electron chi connectivity index (χ1n) is 8.79. The highest BCUT2D eigenvalue weighted by atomic mass is 32.2. The molecule has 0 atom stereocenters. The third-order valence-electron chi connectivity index (χ3n) is 4.03. The number of nitrogen functional groups attached to an aromatic ring is 1. The van der Waals surface area contributed by atoms with E-state index in [1.165, 1.54) is 16.5 Å². The number of nitrogens with zero attached hydrogens (tertiary/aromatic N) is 2. The van der Waals surface area contributed by atoms with Gasteiger partial charge in [0.15, 0.2) is 0 Å². The smallest absolute Gasteiger partial charge is 0.330 e. The lowest BCUT2D eigenvalue weighted by molar-refractivity contribution is -0.143. The van der Waals surface area contributed by atoms with Gasteiger partial charge < -0.3 is 10.5 Å². The molecular weight excluding hydrogens is 354 g/mol. The molecule has 7 nitrogen and oxygen atoms in total. The lowest BCUT2D eigenvalue weighted by Gasteiger charge is -2.12. The van der Waals surface area contributed by atoms with Gasteiger partial charge in [0.05, 0.1) is 12.3 Å². The molecule has 146 valence electrons. The molecule has 0 aliphatic rings. The maximum atomic E-state index is 12.0. The summed E-state index contributed by atoms with van der Waals surface area (Å²) in [5.74, 6) is 0.726. The molecule has 8 heteroatoms. The Bertz CT molecular complexity index is 728. The molecule has 1 aromatic rings. The zero-order chi connectivity index (χ0) is 19.7. The van der Waals surface area contributed by atoms with E-state index in [1.54, 1.807) is 25.7 Å². The van der Waals surface area contributed by atoms with Crippen LogP contribution in [0.5, 0.6) is 0 Å². The maximum absolute atomic E-state index is 12.0. The van der Waals surface area contributed by atoms with Crippen LogP contribution in [-0.2, 0) is 30.0 Å². The number of aromatic nitrogens is 2. The number of carbonyl (C=O) groups excluding carboxylic acids is 1. The fraction of sp³-hybridized carbons (Fsp3) is 0.611. The summed E-state index contributed by atoms with van der Waals surface area (Å²) in [6.07, 6.45) is 5.57. The van der Waals surface area contributed by atoms with Crippen LogP contribution < -0.4 is 17.0 Å². The molecule has 0 aliphatic heterocycles. The highest BCUT2D eigenvalue weighted by Crippen LogP contribution is 2.18. The van der Waals surface area contributed by atoms with Gasteiger partial charge in [-0.3, -0.25) is 18.7 Å². The summed E-state index contributed by atoms with van der Waals surface area (Å²) in [6.45, 7) is 4.27. The Balaban J connectivity index is 2.44. The third-order valence-corrected chi connectivity index (χ3v) is 5.15. The summed E-state index contributed by atoms with van der Waals surface area (Å²) in [7, 11) is 3.06. The number of rotatable bonds is 10. The van der Waals surface area contributed by atoms with Crippen LogP contribution in [0, 0.1) is 0 Å². The first-order chi connectivity index (χ1) is 12.3. The van der Waals surface area contributed by atoms with Crippen molar-refractivity contribution in [3.8, 4) is 0 Å². The van der Waals surface area contributed by atoms with Crippen LogP contribution in [-0.4, -0.2) is 27.5 Å². The molecule has 0 spiro atoms. The number of allylic oxidation sites excluding steroid dienone is 2. The van der Waals surface area contributed by atoms with Crippen molar-refractivity contribution >= 4 is 23.4 Å². The van der Waals surface area contributed by atoms with Crippen molar-refractivity contribution < 1.29 is 9.53 Å². The summed E-state index contributed by atoms with van der Waals surface area (Å²) in [4.78, 5) is 36.3. The fourth-order valence-corrected chi connectivity index (χ4v) is 3.38. The van der Waals surface area contributed by atoms with E-state index in [0.717, 1.165) is 29.6 Å². The average molecular weight is 384 g/mol. The van der Waals surface area contributed by atoms with Crippen molar-refractivity contribution in [1.82, 2.24) is 9.13 Å². The third kappa shape index (κ3) is 6.40. The number of thioether (sulfide) groups is 1. The number of esters is 1. The topological polar surface area (TPSA) is 96.3 Å². The molecule has 26 heavy (non-hydrogen) atoms. The zero-order valence-electron chi connectivity index (χ0n) is 16.0. The number of anilines is 1. The van der Waals surface area contributed by atoms with Gasteiger partial charge in [-0.15, -0.1) is 11.8 Å². The molecule has 0 saturated heterocycles. The molecule has 0 fully saturated rings. The van der Waals surface area contributed by atoms with Crippen LogP contribution in [0.15, 0.2) is 20.6 Å². The second-order valence-electron chi connectivity index (χ2n) is 6.03. The van der Waals surface area contributed by atoms with E-state index >= 15 is 0 Å². The van der Waals surface area contributed by atoms with E-state index in [9.17, 15) is 14.4 Å². The maximum Gasteiger partial charge on any atom is 0.330 e. The Morgan fingerprint density at radius 3 is 2.58 bits per heavy atom. The molecular formula is C18H29N3O4S. The van der Waals surface area contributed by atoms with E-state index in [0.29, 0.717) is 25.1 Å². The molecule has 0 unspecified atom stereocenters. The Morgan fingerprint density at radius 2 is 1.92 bits per heavy atom. The van der Waals surface area contributed by atoms with Crippen molar-refractivity contribution in [2.24, 2.45) is 14.1 Å². The van der Waals surface area contributed by atoms with Gasteiger partial charge in [0.1, 0.15) is 5.69 Å². The number of nitrogens with two attached hydrogens (primary N) is 1. The first kappa shape index (κ1) is 22.1. The molecule has 0 saturated carbocycles. The molecule has 0 aliphatic carbocycles. The quantitative estimate of drug-likeness (QED) is 0.490. The van der Waals surface area contributed by atoms with Gasteiger partial charge in [0.25, 0.3) is 5.56 Å². The number of hydrogen-bond donors (Lipinski definition) is 1. The fourth-order valence-electron chi connectivity index (χ4n) is 2.53. The van der Waals surface area contributed by atoms with Crippen LogP contribution in [0.1, 0.15) is 45.2 Å². The predicted octanol–water partition coefficient (Wildman–Crippen LogP) is 1.97. The van der Waals surface area contributed by atoms with Gasteiger partial charge in [-0.2, -0.15) is 0 Å². The first-order valence-corrected chi connectivity index (χ1v) is 9.77. The summed E-state index contributed by atoms with van der Waals surface area (Å²) < 4.78 is 7.36. The second-order valence-corrected chi connectivity index (χ2v) is 7.37. The van der Waals surface area contributed by atoms with Crippen LogP contribution in [0.2, 0.25) is 0 Å². The largest absolute Gasteiger partial charge is 0.466 e. The molecule has 1 heterocycles. The van der Waals surface area contributed by atoms with Crippen molar-refractivity contribution in [1.29, 1.82) is 0 Å². The van der Waals surface area contributed by atoms with Crippen LogP contribution in [0.3, 0.4) is 0 Å². The monoisotopic (exact) mass is 383 g/mol. The Labute approximate surface area is 158 Å². The normalized spacial score (nSPS) is 11.6. The number of hydrogen-bond acceptors (Lipinski definition) is 6. The Kier molecular flexibility index (Phi) is 9.26. The van der Waals surface area contributed by atoms with Crippen LogP contribution in [0.4, 0.5) is 5.69 Å². The summed E-state index contributed by atoms with van der Waals surface area (Å²) >= 11 is 1.72. The van der Waals surface area contributed by atoms with E-state index in [2.05, 4.69) is 6.08 Å². The van der Waals surface area contributed by atoms with Crippen molar-refractivity contribution in [3.63, 3.8) is 0 Å². The van der Waals surface area contributed by atoms with Gasteiger partial charge in [0.2, 0.25) is 0 Å². The lowest BCUT2D eigenvalue weighted by atomic mass is 10.1. The average Bonchev–Trinajstić information content (AvgIpc) is 2.61. The number of unbranched alkanes of at least 4 members (excludes halogenated alkanes) is 1. The van der Waals surface area contributed by atoms with Crippen LogP contribution >= 0.6 is 11.8 Å². The van der Waals surface area contributed by atoms with Crippen molar-refractivity contribution in [2.75, 3.05) is 18.1 Å². The molecule has 0 aromatic carbocycles. The van der Waals surface area contributed by atoms with E-state index < -0.39 is 5.56 Å². The molecule has 2 N–H and O–H groups in total. The van der Waals surface area contributed by atoms with E-state index in [1.807, 2.05) is 6.92 Å². The van der Waals surface area contributed by atoms with E-state index in [4.69, 9.17) is 10.5 Å². The number of ether oxygens (including phenoxy) is 1. The van der Waals surface area contributed by atoms with Gasteiger partial charge in [-0.25, -0.2) is 4.79 Å². The predicted molar refractivity (Wildman–Crippen MR) is 106 cm³/mol. The summed E-state index contributed by atoms with van der Waals surface area (Å²) in [5, 5.41) is 0. The van der Waals surface area contributed by atoms with Gasteiger partial charge in [0, 0.05) is 20.5 Å². The van der Waals surface area contributed by atoms with Crippen LogP contribution in [0.25, 0.3) is 0 Å². The van der Waals surface area contributed by atoms with E-state index in [-0.39, 0.29) is 17.3 Å². The summed E-state index contributed by atoms with van der Waals surface area (Å²) in [5.41, 5.74) is 5.81. The minimum Gasteiger partial charge on any atom is -0.466 e. The Morgan fingerprint density at radius 1 is 1.23 bits per heavy atom. The van der Waals surface area contributed by atoms with Gasteiger partial charge in [-0.05, 0) is 50.2 Å². The van der Waals surface area contributed by atoms with Crippen molar-refractivity contribution in [2.45, 2.75) is 46.0 Å². The Hall–Kier alpha value is -1.96.